The van der Waals surface area contributed by atoms with Gasteiger partial charge in [0.25, 0.3) is 0 Å². The topological polar surface area (TPSA) is 61.4 Å². The number of benzene rings is 2. The van der Waals surface area contributed by atoms with E-state index in [0.717, 1.165) is 17.7 Å². The number of para-hydroxylation sites is 1. The lowest BCUT2D eigenvalue weighted by Gasteiger charge is -2.23. The Labute approximate surface area is 154 Å². The number of carbonyl (C=O) groups excluding carboxylic acids is 2. The monoisotopic (exact) mass is 351 g/mol. The number of urea groups is 1. The van der Waals surface area contributed by atoms with E-state index in [2.05, 4.69) is 24.5 Å². The lowest BCUT2D eigenvalue weighted by molar-refractivity contribution is -0.117. The smallest absolute Gasteiger partial charge is 0.315 e. The number of rotatable bonds is 5. The largest absolute Gasteiger partial charge is 0.331 e. The fourth-order valence-electron chi connectivity index (χ4n) is 3.34. The van der Waals surface area contributed by atoms with E-state index in [4.69, 9.17) is 0 Å². The molecule has 0 bridgehead atoms. The van der Waals surface area contributed by atoms with Gasteiger partial charge >= 0.3 is 6.03 Å². The van der Waals surface area contributed by atoms with Crippen LogP contribution in [0.5, 0.6) is 0 Å². The Hall–Kier alpha value is -2.82. The van der Waals surface area contributed by atoms with Gasteiger partial charge < -0.3 is 15.5 Å². The summed E-state index contributed by atoms with van der Waals surface area (Å²) in [6.07, 6.45) is 0.859. The normalized spacial score (nSPS) is 14.0. The van der Waals surface area contributed by atoms with Crippen LogP contribution in [0.3, 0.4) is 0 Å². The molecule has 1 heterocycles. The van der Waals surface area contributed by atoms with Gasteiger partial charge in [0.1, 0.15) is 0 Å². The average molecular weight is 351 g/mol. The minimum Gasteiger partial charge on any atom is -0.331 e. The lowest BCUT2D eigenvalue weighted by atomic mass is 9.96. The molecule has 3 rings (SSSR count). The first kappa shape index (κ1) is 18.0. The number of nitrogens with zero attached hydrogens (tertiary/aromatic N) is 1. The molecule has 0 aliphatic carbocycles. The molecule has 2 aromatic rings. The van der Waals surface area contributed by atoms with Crippen LogP contribution in [0.15, 0.2) is 54.6 Å². The molecular weight excluding hydrogens is 326 g/mol. The van der Waals surface area contributed by atoms with Gasteiger partial charge in [-0.3, -0.25) is 4.79 Å². The summed E-state index contributed by atoms with van der Waals surface area (Å²) in [5.41, 5.74) is 3.18. The number of hydrogen-bond acceptors (Lipinski definition) is 2. The Morgan fingerprint density at radius 3 is 2.46 bits per heavy atom. The Bertz CT molecular complexity index is 774. The quantitative estimate of drug-likeness (QED) is 0.868. The van der Waals surface area contributed by atoms with Gasteiger partial charge in [-0.25, -0.2) is 4.79 Å². The van der Waals surface area contributed by atoms with Crippen molar-refractivity contribution in [2.45, 2.75) is 26.3 Å². The van der Waals surface area contributed by atoms with E-state index in [0.29, 0.717) is 6.54 Å². The van der Waals surface area contributed by atoms with Gasteiger partial charge in [0.2, 0.25) is 5.91 Å². The summed E-state index contributed by atoms with van der Waals surface area (Å²) in [7, 11) is 0. The predicted octanol–water partition coefficient (Wildman–Crippen LogP) is 3.27. The molecule has 136 valence electrons. The summed E-state index contributed by atoms with van der Waals surface area (Å²) in [4.78, 5) is 26.5. The van der Waals surface area contributed by atoms with Crippen molar-refractivity contribution < 1.29 is 9.59 Å². The van der Waals surface area contributed by atoms with Crippen LogP contribution in [0.25, 0.3) is 0 Å². The van der Waals surface area contributed by atoms with Crippen LogP contribution in [0, 0.1) is 5.92 Å². The van der Waals surface area contributed by atoms with Gasteiger partial charge in [-0.05, 0) is 29.5 Å². The van der Waals surface area contributed by atoms with E-state index in [1.807, 2.05) is 54.6 Å². The maximum absolute atomic E-state index is 12.5. The first-order valence-electron chi connectivity index (χ1n) is 9.04. The van der Waals surface area contributed by atoms with Crippen LogP contribution < -0.4 is 15.5 Å². The molecule has 0 saturated heterocycles. The molecule has 1 aliphatic heterocycles. The molecule has 0 saturated carbocycles. The van der Waals surface area contributed by atoms with Gasteiger partial charge in [-0.2, -0.15) is 0 Å². The SMILES string of the molecule is CC(C)C(NC(=O)NCC(=O)N1CCc2ccccc21)c1ccccc1. The average Bonchev–Trinajstić information content (AvgIpc) is 3.09. The van der Waals surface area contributed by atoms with Crippen LogP contribution in [-0.2, 0) is 11.2 Å². The summed E-state index contributed by atoms with van der Waals surface area (Å²) >= 11 is 0. The van der Waals surface area contributed by atoms with Gasteiger partial charge in [-0.15, -0.1) is 0 Å². The highest BCUT2D eigenvalue weighted by Crippen LogP contribution is 2.27. The first-order chi connectivity index (χ1) is 12.6. The minimum atomic E-state index is -0.326. The number of fused-ring (bicyclic) bond motifs is 1. The van der Waals surface area contributed by atoms with Crippen LogP contribution >= 0.6 is 0 Å². The molecule has 0 aromatic heterocycles. The van der Waals surface area contributed by atoms with Crippen molar-refractivity contribution in [3.05, 3.63) is 65.7 Å². The molecular formula is C21H25N3O2. The third-order valence-electron chi connectivity index (χ3n) is 4.70. The maximum atomic E-state index is 12.5. The van der Waals surface area contributed by atoms with Crippen molar-refractivity contribution in [3.8, 4) is 0 Å². The molecule has 2 N–H and O–H groups in total. The van der Waals surface area contributed by atoms with Crippen molar-refractivity contribution in [1.29, 1.82) is 0 Å². The summed E-state index contributed by atoms with van der Waals surface area (Å²) < 4.78 is 0. The fourth-order valence-corrected chi connectivity index (χ4v) is 3.34. The molecule has 5 nitrogen and oxygen atoms in total. The third-order valence-corrected chi connectivity index (χ3v) is 4.70. The maximum Gasteiger partial charge on any atom is 0.315 e. The van der Waals surface area contributed by atoms with E-state index < -0.39 is 0 Å². The minimum absolute atomic E-state index is 0.0141. The number of hydrogen-bond donors (Lipinski definition) is 2. The van der Waals surface area contributed by atoms with Crippen LogP contribution in [-0.4, -0.2) is 25.0 Å². The second-order valence-electron chi connectivity index (χ2n) is 6.88. The van der Waals surface area contributed by atoms with Gasteiger partial charge in [-0.1, -0.05) is 62.4 Å². The third kappa shape index (κ3) is 4.04. The van der Waals surface area contributed by atoms with Crippen LogP contribution in [0.1, 0.15) is 31.0 Å². The van der Waals surface area contributed by atoms with E-state index in [-0.39, 0.29) is 30.4 Å². The zero-order valence-corrected chi connectivity index (χ0v) is 15.2. The Kier molecular flexibility index (Phi) is 5.56. The fraction of sp³-hybridized carbons (Fsp3) is 0.333. The Morgan fingerprint density at radius 1 is 1.04 bits per heavy atom. The molecule has 2 aromatic carbocycles. The number of anilines is 1. The molecule has 0 fully saturated rings. The summed E-state index contributed by atoms with van der Waals surface area (Å²) in [6.45, 7) is 4.77. The number of nitrogens with one attached hydrogen (secondary N) is 2. The number of carbonyl (C=O) groups is 2. The molecule has 26 heavy (non-hydrogen) atoms. The summed E-state index contributed by atoms with van der Waals surface area (Å²) in [5.74, 6) is 0.148. The molecule has 5 heteroatoms. The van der Waals surface area contributed by atoms with Gasteiger partial charge in [0, 0.05) is 12.2 Å². The van der Waals surface area contributed by atoms with Gasteiger partial charge in [0.05, 0.1) is 12.6 Å². The van der Waals surface area contributed by atoms with E-state index in [1.54, 1.807) is 4.90 Å². The molecule has 1 aliphatic rings. The molecule has 0 spiro atoms. The summed E-state index contributed by atoms with van der Waals surface area (Å²) in [6, 6.07) is 17.3. The zero-order valence-electron chi connectivity index (χ0n) is 15.2. The number of amides is 3. The Morgan fingerprint density at radius 2 is 1.73 bits per heavy atom. The predicted molar refractivity (Wildman–Crippen MR) is 103 cm³/mol. The van der Waals surface area contributed by atoms with E-state index in [9.17, 15) is 9.59 Å². The molecule has 0 radical (unpaired) electrons. The first-order valence-corrected chi connectivity index (χ1v) is 9.04. The van der Waals surface area contributed by atoms with E-state index >= 15 is 0 Å². The van der Waals surface area contributed by atoms with Crippen molar-refractivity contribution in [2.24, 2.45) is 5.92 Å². The van der Waals surface area contributed by atoms with Crippen molar-refractivity contribution in [2.75, 3.05) is 18.0 Å². The van der Waals surface area contributed by atoms with E-state index in [1.165, 1.54) is 5.56 Å². The van der Waals surface area contributed by atoms with Crippen LogP contribution in [0.2, 0.25) is 0 Å². The highest BCUT2D eigenvalue weighted by atomic mass is 16.2. The van der Waals surface area contributed by atoms with Crippen molar-refractivity contribution in [1.82, 2.24) is 10.6 Å². The van der Waals surface area contributed by atoms with Crippen molar-refractivity contribution in [3.63, 3.8) is 0 Å². The molecule has 1 unspecified atom stereocenters. The summed E-state index contributed by atoms with van der Waals surface area (Å²) in [5, 5.41) is 5.68. The van der Waals surface area contributed by atoms with Crippen LogP contribution in [0.4, 0.5) is 10.5 Å². The zero-order chi connectivity index (χ0) is 18.5. The lowest BCUT2D eigenvalue weighted by Crippen LogP contribution is -2.45. The Balaban J connectivity index is 1.56. The second-order valence-corrected chi connectivity index (χ2v) is 6.88. The molecule has 1 atom stereocenters. The highest BCUT2D eigenvalue weighted by Gasteiger charge is 2.24. The van der Waals surface area contributed by atoms with Gasteiger partial charge in [0.15, 0.2) is 0 Å². The standard InChI is InChI=1S/C21H25N3O2/c1-15(2)20(17-9-4-3-5-10-17)23-21(26)22-14-19(25)24-13-12-16-8-6-7-11-18(16)24/h3-11,15,20H,12-14H2,1-2H3,(H2,22,23,26). The highest BCUT2D eigenvalue weighted by molar-refractivity contribution is 5.98. The second kappa shape index (κ2) is 8.04. The van der Waals surface area contributed by atoms with Crippen molar-refractivity contribution >= 4 is 17.6 Å². The molecule has 3 amide bonds.